The first kappa shape index (κ1) is 11.5. The topological polar surface area (TPSA) is 43.7 Å². The van der Waals surface area contributed by atoms with Crippen LogP contribution in [0.15, 0.2) is 10.5 Å². The molecule has 0 heterocycles. The Labute approximate surface area is 92.1 Å². The molecule has 0 aliphatic heterocycles. The summed E-state index contributed by atoms with van der Waals surface area (Å²) in [7, 11) is 1.55. The van der Waals surface area contributed by atoms with Crippen molar-refractivity contribution in [2.24, 2.45) is 0 Å². The van der Waals surface area contributed by atoms with Crippen LogP contribution in [0.25, 0.3) is 0 Å². The lowest BCUT2D eigenvalue weighted by atomic mass is 10.0. The van der Waals surface area contributed by atoms with Gasteiger partial charge in [0.15, 0.2) is 0 Å². The van der Waals surface area contributed by atoms with Gasteiger partial charge in [-0.05, 0) is 31.0 Å². The minimum Gasteiger partial charge on any atom is -0.508 e. The minimum atomic E-state index is 0.226. The maximum Gasteiger partial charge on any atom is 0.120 e. The standard InChI is InChI=1S/C10H14BrNO2/c1-6-4-9(13)8(5-12(3)14)7(2)10(6)11/h4,13-14H,5H2,1-3H3. The number of hydroxylamine groups is 2. The Hall–Kier alpha value is -0.580. The van der Waals surface area contributed by atoms with Gasteiger partial charge < -0.3 is 10.3 Å². The van der Waals surface area contributed by atoms with Gasteiger partial charge in [0.2, 0.25) is 0 Å². The predicted octanol–water partition coefficient (Wildman–Crippen LogP) is 2.59. The van der Waals surface area contributed by atoms with Crippen LogP contribution in [0, 0.1) is 13.8 Å². The largest absolute Gasteiger partial charge is 0.508 e. The third-order valence-electron chi connectivity index (χ3n) is 2.18. The summed E-state index contributed by atoms with van der Waals surface area (Å²) in [6.07, 6.45) is 0. The van der Waals surface area contributed by atoms with Crippen LogP contribution in [-0.4, -0.2) is 22.4 Å². The fourth-order valence-electron chi connectivity index (χ4n) is 1.40. The van der Waals surface area contributed by atoms with Crippen molar-refractivity contribution in [3.63, 3.8) is 0 Å². The third-order valence-corrected chi connectivity index (χ3v) is 3.40. The summed E-state index contributed by atoms with van der Waals surface area (Å²) in [6.45, 7) is 4.15. The Balaban J connectivity index is 3.22. The molecule has 0 aromatic heterocycles. The number of hydrogen-bond donors (Lipinski definition) is 2. The fourth-order valence-corrected chi connectivity index (χ4v) is 1.76. The number of aromatic hydroxyl groups is 1. The van der Waals surface area contributed by atoms with Crippen molar-refractivity contribution >= 4 is 15.9 Å². The van der Waals surface area contributed by atoms with E-state index in [1.807, 2.05) is 13.8 Å². The molecule has 0 atom stereocenters. The maximum absolute atomic E-state index is 9.69. The van der Waals surface area contributed by atoms with E-state index in [4.69, 9.17) is 5.21 Å². The molecule has 0 unspecified atom stereocenters. The Morgan fingerprint density at radius 1 is 1.43 bits per heavy atom. The molecule has 3 nitrogen and oxygen atoms in total. The average molecular weight is 260 g/mol. The van der Waals surface area contributed by atoms with Crippen LogP contribution in [0.5, 0.6) is 5.75 Å². The Kier molecular flexibility index (Phi) is 3.53. The monoisotopic (exact) mass is 259 g/mol. The molecule has 2 N–H and O–H groups in total. The number of aryl methyl sites for hydroxylation is 1. The number of hydrogen-bond acceptors (Lipinski definition) is 3. The molecule has 1 aromatic rings. The van der Waals surface area contributed by atoms with Crippen molar-refractivity contribution in [2.75, 3.05) is 7.05 Å². The van der Waals surface area contributed by atoms with Crippen molar-refractivity contribution in [1.82, 2.24) is 5.06 Å². The highest BCUT2D eigenvalue weighted by Gasteiger charge is 2.11. The van der Waals surface area contributed by atoms with Crippen LogP contribution < -0.4 is 0 Å². The molecule has 78 valence electrons. The number of phenols is 1. The van der Waals surface area contributed by atoms with Gasteiger partial charge in [-0.15, -0.1) is 0 Å². The molecule has 4 heteroatoms. The van der Waals surface area contributed by atoms with Gasteiger partial charge in [0.05, 0.1) is 6.54 Å². The number of rotatable bonds is 2. The summed E-state index contributed by atoms with van der Waals surface area (Å²) in [5.41, 5.74) is 2.69. The minimum absolute atomic E-state index is 0.226. The van der Waals surface area contributed by atoms with Crippen LogP contribution in [0.1, 0.15) is 16.7 Å². The first-order chi connectivity index (χ1) is 6.43. The average Bonchev–Trinajstić information content (AvgIpc) is 2.09. The summed E-state index contributed by atoms with van der Waals surface area (Å²) in [5.74, 6) is 0.226. The van der Waals surface area contributed by atoms with Crippen LogP contribution in [0.2, 0.25) is 0 Å². The second-order valence-electron chi connectivity index (χ2n) is 3.45. The van der Waals surface area contributed by atoms with E-state index < -0.39 is 0 Å². The van der Waals surface area contributed by atoms with Crippen molar-refractivity contribution in [3.8, 4) is 5.75 Å². The SMILES string of the molecule is Cc1cc(O)c(CN(C)O)c(C)c1Br. The Morgan fingerprint density at radius 3 is 2.50 bits per heavy atom. The van der Waals surface area contributed by atoms with Crippen LogP contribution in [-0.2, 0) is 6.54 Å². The molecule has 0 spiro atoms. The predicted molar refractivity (Wildman–Crippen MR) is 58.5 cm³/mol. The molecule has 0 amide bonds. The molecule has 0 bridgehead atoms. The van der Waals surface area contributed by atoms with Gasteiger partial charge in [0, 0.05) is 17.1 Å². The highest BCUT2D eigenvalue weighted by Crippen LogP contribution is 2.31. The first-order valence-electron chi connectivity index (χ1n) is 4.31. The summed E-state index contributed by atoms with van der Waals surface area (Å²) >= 11 is 3.44. The Morgan fingerprint density at radius 2 is 2.00 bits per heavy atom. The molecule has 0 radical (unpaired) electrons. The van der Waals surface area contributed by atoms with Gasteiger partial charge in [-0.1, -0.05) is 15.9 Å². The van der Waals surface area contributed by atoms with Crippen LogP contribution >= 0.6 is 15.9 Å². The smallest absolute Gasteiger partial charge is 0.120 e. The molecule has 0 aliphatic rings. The van der Waals surface area contributed by atoms with Crippen LogP contribution in [0.3, 0.4) is 0 Å². The maximum atomic E-state index is 9.69. The molecule has 1 rings (SSSR count). The molecule has 0 saturated heterocycles. The summed E-state index contributed by atoms with van der Waals surface area (Å²) in [6, 6.07) is 1.69. The molecule has 14 heavy (non-hydrogen) atoms. The number of phenolic OH excluding ortho intramolecular Hbond substituents is 1. The molecule has 0 fully saturated rings. The van der Waals surface area contributed by atoms with Gasteiger partial charge in [-0.2, -0.15) is 5.06 Å². The molecular weight excluding hydrogens is 246 g/mol. The highest BCUT2D eigenvalue weighted by atomic mass is 79.9. The van der Waals surface area contributed by atoms with E-state index in [9.17, 15) is 5.11 Å². The van der Waals surface area contributed by atoms with E-state index in [1.165, 1.54) is 0 Å². The van der Waals surface area contributed by atoms with E-state index in [2.05, 4.69) is 15.9 Å². The van der Waals surface area contributed by atoms with E-state index in [-0.39, 0.29) is 5.75 Å². The highest BCUT2D eigenvalue weighted by molar-refractivity contribution is 9.10. The molecular formula is C10H14BrNO2. The van der Waals surface area contributed by atoms with Crippen molar-refractivity contribution in [2.45, 2.75) is 20.4 Å². The van der Waals surface area contributed by atoms with E-state index in [0.29, 0.717) is 6.54 Å². The van der Waals surface area contributed by atoms with E-state index in [0.717, 1.165) is 26.2 Å². The zero-order chi connectivity index (χ0) is 10.9. The van der Waals surface area contributed by atoms with Gasteiger partial charge in [-0.3, -0.25) is 0 Å². The fraction of sp³-hybridized carbons (Fsp3) is 0.400. The zero-order valence-corrected chi connectivity index (χ0v) is 10.1. The molecule has 0 aliphatic carbocycles. The first-order valence-corrected chi connectivity index (χ1v) is 5.10. The number of halogens is 1. The normalized spacial score (nSPS) is 11.0. The summed E-state index contributed by atoms with van der Waals surface area (Å²) in [5, 5.41) is 19.9. The zero-order valence-electron chi connectivity index (χ0n) is 8.50. The van der Waals surface area contributed by atoms with E-state index in [1.54, 1.807) is 13.1 Å². The van der Waals surface area contributed by atoms with Crippen molar-refractivity contribution in [3.05, 3.63) is 27.2 Å². The number of benzene rings is 1. The van der Waals surface area contributed by atoms with Crippen molar-refractivity contribution < 1.29 is 10.3 Å². The lowest BCUT2D eigenvalue weighted by molar-refractivity contribution is -0.0737. The summed E-state index contributed by atoms with van der Waals surface area (Å²) in [4.78, 5) is 0. The van der Waals surface area contributed by atoms with Gasteiger partial charge >= 0.3 is 0 Å². The number of nitrogens with zero attached hydrogens (tertiary/aromatic N) is 1. The molecule has 0 saturated carbocycles. The van der Waals surface area contributed by atoms with Crippen molar-refractivity contribution in [1.29, 1.82) is 0 Å². The van der Waals surface area contributed by atoms with E-state index >= 15 is 0 Å². The second kappa shape index (κ2) is 4.29. The molecule has 1 aromatic carbocycles. The summed E-state index contributed by atoms with van der Waals surface area (Å²) < 4.78 is 0.979. The lowest BCUT2D eigenvalue weighted by Crippen LogP contribution is -2.13. The third kappa shape index (κ3) is 2.26. The Bertz CT molecular complexity index is 350. The lowest BCUT2D eigenvalue weighted by Gasteiger charge is -2.15. The van der Waals surface area contributed by atoms with Crippen LogP contribution in [0.4, 0.5) is 0 Å². The quantitative estimate of drug-likeness (QED) is 0.803. The van der Waals surface area contributed by atoms with Gasteiger partial charge in [0.25, 0.3) is 0 Å². The second-order valence-corrected chi connectivity index (χ2v) is 4.24. The van der Waals surface area contributed by atoms with Gasteiger partial charge in [0.1, 0.15) is 5.75 Å². The van der Waals surface area contributed by atoms with Gasteiger partial charge in [-0.25, -0.2) is 0 Å².